The number of aromatic nitrogens is 3. The quantitative estimate of drug-likeness (QED) is 0.868. The van der Waals surface area contributed by atoms with Crippen LogP contribution in [0.4, 0.5) is 4.79 Å². The number of imidazole rings is 1. The van der Waals surface area contributed by atoms with Crippen LogP contribution in [0.3, 0.4) is 0 Å². The molecule has 0 saturated heterocycles. The molecule has 1 amide bonds. The molecule has 1 atom stereocenters. The summed E-state index contributed by atoms with van der Waals surface area (Å²) >= 11 is 6.01. The first-order valence-corrected chi connectivity index (χ1v) is 9.20. The Labute approximate surface area is 152 Å². The first-order chi connectivity index (χ1) is 11.8. The van der Waals surface area contributed by atoms with Crippen molar-refractivity contribution < 1.29 is 9.53 Å². The number of alkyl carbamates (subject to hydrolysis) is 1. The van der Waals surface area contributed by atoms with Crippen LogP contribution in [-0.4, -0.2) is 26.3 Å². The van der Waals surface area contributed by atoms with Crippen LogP contribution in [0.5, 0.6) is 0 Å². The normalized spacial score (nSPS) is 17.4. The summed E-state index contributed by atoms with van der Waals surface area (Å²) in [5.74, 6) is 0.349. The van der Waals surface area contributed by atoms with E-state index in [0.29, 0.717) is 16.6 Å². The predicted molar refractivity (Wildman–Crippen MR) is 96.7 cm³/mol. The highest BCUT2D eigenvalue weighted by molar-refractivity contribution is 6.30. The Morgan fingerprint density at radius 2 is 2.08 bits per heavy atom. The van der Waals surface area contributed by atoms with Gasteiger partial charge in [-0.05, 0) is 39.5 Å². The van der Waals surface area contributed by atoms with Crippen molar-refractivity contribution in [3.8, 4) is 0 Å². The Bertz CT molecular complexity index is 747. The molecule has 0 radical (unpaired) electrons. The van der Waals surface area contributed by atoms with E-state index in [-0.39, 0.29) is 6.04 Å². The zero-order valence-electron chi connectivity index (χ0n) is 15.0. The zero-order chi connectivity index (χ0) is 18.0. The molecule has 25 heavy (non-hydrogen) atoms. The van der Waals surface area contributed by atoms with Crippen molar-refractivity contribution in [2.24, 2.45) is 5.92 Å². The van der Waals surface area contributed by atoms with E-state index in [1.165, 1.54) is 19.3 Å². The summed E-state index contributed by atoms with van der Waals surface area (Å²) in [7, 11) is 0. The zero-order valence-corrected chi connectivity index (χ0v) is 15.7. The van der Waals surface area contributed by atoms with Gasteiger partial charge in [0.05, 0.1) is 29.2 Å². The molecule has 0 unspecified atom stereocenters. The molecule has 1 aliphatic carbocycles. The number of nitrogens with zero attached hydrogens (tertiary/aromatic N) is 3. The van der Waals surface area contributed by atoms with Crippen LogP contribution < -0.4 is 5.32 Å². The lowest BCUT2D eigenvalue weighted by molar-refractivity contribution is 0.0474. The van der Waals surface area contributed by atoms with Crippen LogP contribution in [-0.2, 0) is 4.74 Å². The Hall–Kier alpha value is -1.82. The number of hydrogen-bond acceptors (Lipinski definition) is 4. The summed E-state index contributed by atoms with van der Waals surface area (Å²) in [5.41, 5.74) is 0.941. The molecule has 0 aliphatic heterocycles. The molecule has 2 aromatic rings. The van der Waals surface area contributed by atoms with E-state index >= 15 is 0 Å². The number of fused-ring (bicyclic) bond motifs is 1. The van der Waals surface area contributed by atoms with E-state index in [0.717, 1.165) is 18.5 Å². The second kappa shape index (κ2) is 7.20. The van der Waals surface area contributed by atoms with E-state index in [1.54, 1.807) is 16.8 Å². The average molecular weight is 365 g/mol. The van der Waals surface area contributed by atoms with Gasteiger partial charge < -0.3 is 10.1 Å². The van der Waals surface area contributed by atoms with Crippen molar-refractivity contribution in [3.05, 3.63) is 29.2 Å². The number of carbonyl (C=O) groups excluding carboxylic acids is 1. The van der Waals surface area contributed by atoms with Crippen molar-refractivity contribution in [1.29, 1.82) is 0 Å². The molecule has 2 aromatic heterocycles. The Morgan fingerprint density at radius 3 is 2.76 bits per heavy atom. The van der Waals surface area contributed by atoms with Crippen LogP contribution in [0.15, 0.2) is 18.5 Å². The van der Waals surface area contributed by atoms with E-state index in [4.69, 9.17) is 16.3 Å². The number of rotatable bonds is 3. The van der Waals surface area contributed by atoms with Gasteiger partial charge >= 0.3 is 6.09 Å². The van der Waals surface area contributed by atoms with Crippen LogP contribution in [0.2, 0.25) is 5.02 Å². The minimum atomic E-state index is -0.533. The second-order valence-electron chi connectivity index (χ2n) is 7.66. The van der Waals surface area contributed by atoms with Gasteiger partial charge in [0.2, 0.25) is 0 Å². The monoisotopic (exact) mass is 364 g/mol. The van der Waals surface area contributed by atoms with Crippen LogP contribution in [0, 0.1) is 5.92 Å². The second-order valence-corrected chi connectivity index (χ2v) is 8.10. The highest BCUT2D eigenvalue weighted by Crippen LogP contribution is 2.34. The first-order valence-electron chi connectivity index (χ1n) is 8.82. The minimum absolute atomic E-state index is 0.185. The van der Waals surface area contributed by atoms with Gasteiger partial charge in [-0.2, -0.15) is 5.10 Å². The Kier molecular flexibility index (Phi) is 5.18. The molecule has 1 saturated carbocycles. The molecule has 0 aromatic carbocycles. The summed E-state index contributed by atoms with van der Waals surface area (Å²) in [6.45, 7) is 5.58. The molecular weight excluding hydrogens is 340 g/mol. The Balaban J connectivity index is 1.87. The van der Waals surface area contributed by atoms with Gasteiger partial charge in [-0.15, -0.1) is 0 Å². The van der Waals surface area contributed by atoms with Crippen LogP contribution >= 0.6 is 11.6 Å². The van der Waals surface area contributed by atoms with E-state index < -0.39 is 11.7 Å². The van der Waals surface area contributed by atoms with E-state index in [2.05, 4.69) is 15.4 Å². The third kappa shape index (κ3) is 4.63. The van der Waals surface area contributed by atoms with Gasteiger partial charge in [-0.25, -0.2) is 14.3 Å². The van der Waals surface area contributed by atoms with E-state index in [1.807, 2.05) is 27.0 Å². The molecule has 0 bridgehead atoms. The fourth-order valence-electron chi connectivity index (χ4n) is 3.36. The maximum atomic E-state index is 12.3. The van der Waals surface area contributed by atoms with Crippen molar-refractivity contribution in [2.75, 3.05) is 0 Å². The molecule has 1 fully saturated rings. The third-order valence-electron chi connectivity index (χ3n) is 4.42. The summed E-state index contributed by atoms with van der Waals surface area (Å²) in [6, 6.07) is 1.58. The summed E-state index contributed by atoms with van der Waals surface area (Å²) < 4.78 is 7.14. The third-order valence-corrected chi connectivity index (χ3v) is 4.62. The standard InChI is InChI=1S/C18H25ClN4O2/c1-18(2,3)25-17(24)22-16(12-7-5-4-6-8-12)14-11-23-15(21-14)9-13(19)10-20-23/h9-12,16H,4-8H2,1-3H3,(H,22,24)/t16-/m0/s1. The molecule has 1 N–H and O–H groups in total. The van der Waals surface area contributed by atoms with E-state index in [9.17, 15) is 4.79 Å². The lowest BCUT2D eigenvalue weighted by Gasteiger charge is -2.30. The van der Waals surface area contributed by atoms with Gasteiger partial charge in [0.15, 0.2) is 5.65 Å². The number of hydrogen-bond donors (Lipinski definition) is 1. The largest absolute Gasteiger partial charge is 0.444 e. The first kappa shape index (κ1) is 18.0. The number of nitrogens with one attached hydrogen (secondary N) is 1. The van der Waals surface area contributed by atoms with Crippen LogP contribution in [0.1, 0.15) is 64.6 Å². The fourth-order valence-corrected chi connectivity index (χ4v) is 3.50. The summed E-state index contributed by atoms with van der Waals surface area (Å²) in [4.78, 5) is 17.0. The lowest BCUT2D eigenvalue weighted by Crippen LogP contribution is -2.38. The molecule has 7 heteroatoms. The maximum Gasteiger partial charge on any atom is 0.408 e. The number of carbonyl (C=O) groups is 1. The molecule has 2 heterocycles. The van der Waals surface area contributed by atoms with Gasteiger partial charge in [0.25, 0.3) is 0 Å². The smallest absolute Gasteiger partial charge is 0.408 e. The van der Waals surface area contributed by atoms with Crippen molar-refractivity contribution >= 4 is 23.3 Å². The maximum absolute atomic E-state index is 12.3. The highest BCUT2D eigenvalue weighted by atomic mass is 35.5. The minimum Gasteiger partial charge on any atom is -0.444 e. The number of halogens is 1. The molecule has 1 aliphatic rings. The molecular formula is C18H25ClN4O2. The summed E-state index contributed by atoms with van der Waals surface area (Å²) in [5, 5.41) is 7.82. The molecule has 6 nitrogen and oxygen atoms in total. The SMILES string of the molecule is CC(C)(C)OC(=O)N[C@H](c1cn2ncc(Cl)cc2n1)C1CCCCC1. The van der Waals surface area contributed by atoms with Crippen molar-refractivity contribution in [3.63, 3.8) is 0 Å². The lowest BCUT2D eigenvalue weighted by atomic mass is 9.83. The predicted octanol–water partition coefficient (Wildman–Crippen LogP) is 4.53. The van der Waals surface area contributed by atoms with Gasteiger partial charge in [-0.3, -0.25) is 0 Å². The molecule has 3 rings (SSSR count). The van der Waals surface area contributed by atoms with Gasteiger partial charge in [0, 0.05) is 6.07 Å². The number of ether oxygens (including phenoxy) is 1. The Morgan fingerprint density at radius 1 is 1.36 bits per heavy atom. The molecule has 0 spiro atoms. The van der Waals surface area contributed by atoms with Crippen LogP contribution in [0.25, 0.3) is 5.65 Å². The topological polar surface area (TPSA) is 68.5 Å². The number of amides is 1. The molecule has 136 valence electrons. The van der Waals surface area contributed by atoms with Crippen molar-refractivity contribution in [1.82, 2.24) is 19.9 Å². The van der Waals surface area contributed by atoms with Gasteiger partial charge in [-0.1, -0.05) is 30.9 Å². The average Bonchev–Trinajstić information content (AvgIpc) is 2.94. The van der Waals surface area contributed by atoms with Gasteiger partial charge in [0.1, 0.15) is 5.60 Å². The highest BCUT2D eigenvalue weighted by Gasteiger charge is 2.30. The summed E-state index contributed by atoms with van der Waals surface area (Å²) in [6.07, 6.45) is 8.78. The fraction of sp³-hybridized carbons (Fsp3) is 0.611. The van der Waals surface area contributed by atoms with Crippen molar-refractivity contribution in [2.45, 2.75) is 64.5 Å².